The highest BCUT2D eigenvalue weighted by molar-refractivity contribution is 5.98. The zero-order chi connectivity index (χ0) is 36.2. The minimum atomic E-state index is -1.67. The number of benzene rings is 1. The summed E-state index contributed by atoms with van der Waals surface area (Å²) in [5.74, 6) is -1.47. The average Bonchev–Trinajstić information content (AvgIpc) is 3.37. The smallest absolute Gasteiger partial charge is 0.311 e. The SMILES string of the molecule is CC(C)[C@H](NC(=O)CCCCCN1CC(C(C)(C)C)CC1=O)C(=O)N[C@@H](CCC(O)O)C(=O)Nc1ccc(COC(=O)C(C)(C)C)cc1. The van der Waals surface area contributed by atoms with E-state index in [1.807, 2.05) is 4.90 Å². The molecular weight excluding hydrogens is 616 g/mol. The number of ether oxygens (including phenoxy) is 1. The van der Waals surface area contributed by atoms with Crippen molar-refractivity contribution in [2.24, 2.45) is 22.7 Å². The molecule has 0 radical (unpaired) electrons. The van der Waals surface area contributed by atoms with Crippen molar-refractivity contribution in [1.29, 1.82) is 0 Å². The van der Waals surface area contributed by atoms with Crippen LogP contribution in [-0.4, -0.2) is 76.2 Å². The average molecular weight is 675 g/mol. The van der Waals surface area contributed by atoms with Crippen molar-refractivity contribution in [3.8, 4) is 0 Å². The molecule has 3 atom stereocenters. The molecule has 12 nitrogen and oxygen atoms in total. The summed E-state index contributed by atoms with van der Waals surface area (Å²) in [6.07, 6.45) is 1.10. The summed E-state index contributed by atoms with van der Waals surface area (Å²) in [5.41, 5.74) is 0.626. The molecule has 270 valence electrons. The lowest BCUT2D eigenvalue weighted by Crippen LogP contribution is -2.54. The Kier molecular flexibility index (Phi) is 15.5. The third-order valence-electron chi connectivity index (χ3n) is 8.59. The normalized spacial score (nSPS) is 16.5. The van der Waals surface area contributed by atoms with E-state index in [9.17, 15) is 34.2 Å². The molecule has 1 aromatic carbocycles. The molecule has 0 bridgehead atoms. The number of rotatable bonds is 17. The molecule has 1 fully saturated rings. The number of unbranched alkanes of at least 4 members (excludes halogenated alkanes) is 2. The Balaban J connectivity index is 1.90. The Morgan fingerprint density at radius 3 is 2.10 bits per heavy atom. The molecule has 1 saturated heterocycles. The van der Waals surface area contributed by atoms with Gasteiger partial charge in [-0.25, -0.2) is 0 Å². The topological polar surface area (TPSA) is 174 Å². The summed E-state index contributed by atoms with van der Waals surface area (Å²) >= 11 is 0. The summed E-state index contributed by atoms with van der Waals surface area (Å²) in [6, 6.07) is 4.68. The summed E-state index contributed by atoms with van der Waals surface area (Å²) in [6.45, 7) is 16.9. The number of esters is 1. The molecule has 1 aliphatic heterocycles. The number of likely N-dealkylation sites (tertiary alicyclic amines) is 1. The first kappa shape index (κ1) is 40.7. The lowest BCUT2D eigenvalue weighted by atomic mass is 9.80. The van der Waals surface area contributed by atoms with E-state index in [2.05, 4.69) is 36.7 Å². The van der Waals surface area contributed by atoms with Crippen LogP contribution in [0.2, 0.25) is 0 Å². The number of nitrogens with zero attached hydrogens (tertiary/aromatic N) is 1. The van der Waals surface area contributed by atoms with Crippen LogP contribution >= 0.6 is 0 Å². The fourth-order valence-electron chi connectivity index (χ4n) is 5.24. The van der Waals surface area contributed by atoms with Crippen LogP contribution in [0.3, 0.4) is 0 Å². The molecule has 1 unspecified atom stereocenters. The van der Waals surface area contributed by atoms with Gasteiger partial charge in [-0.2, -0.15) is 0 Å². The molecule has 1 aliphatic rings. The second-order valence-electron chi connectivity index (χ2n) is 15.3. The number of carbonyl (C=O) groups is 5. The maximum Gasteiger partial charge on any atom is 0.311 e. The predicted octanol–water partition coefficient (Wildman–Crippen LogP) is 3.89. The maximum atomic E-state index is 13.3. The van der Waals surface area contributed by atoms with Gasteiger partial charge in [0, 0.05) is 38.0 Å². The van der Waals surface area contributed by atoms with E-state index >= 15 is 0 Å². The summed E-state index contributed by atoms with van der Waals surface area (Å²) in [5, 5.41) is 27.1. The number of aliphatic hydroxyl groups excluding tert-OH is 1. The van der Waals surface area contributed by atoms with Crippen LogP contribution in [-0.2, 0) is 35.3 Å². The Morgan fingerprint density at radius 2 is 1.56 bits per heavy atom. The lowest BCUT2D eigenvalue weighted by Gasteiger charge is -2.26. The molecule has 4 amide bonds. The number of carbonyl (C=O) groups excluding carboxylic acids is 5. The van der Waals surface area contributed by atoms with Gasteiger partial charge in [0.05, 0.1) is 5.41 Å². The number of anilines is 1. The second kappa shape index (κ2) is 18.3. The van der Waals surface area contributed by atoms with Gasteiger partial charge >= 0.3 is 5.97 Å². The second-order valence-corrected chi connectivity index (χ2v) is 15.3. The van der Waals surface area contributed by atoms with E-state index in [1.165, 1.54) is 0 Å². The van der Waals surface area contributed by atoms with Gasteiger partial charge in [0.1, 0.15) is 18.7 Å². The van der Waals surface area contributed by atoms with Crippen molar-refractivity contribution in [2.45, 2.75) is 125 Å². The molecule has 1 aromatic rings. The molecule has 12 heteroatoms. The minimum absolute atomic E-state index is 0.0507. The fourth-order valence-corrected chi connectivity index (χ4v) is 5.24. The van der Waals surface area contributed by atoms with E-state index in [0.717, 1.165) is 24.9 Å². The molecule has 1 heterocycles. The van der Waals surface area contributed by atoms with Gasteiger partial charge in [0.2, 0.25) is 23.6 Å². The van der Waals surface area contributed by atoms with Crippen molar-refractivity contribution in [3.63, 3.8) is 0 Å². The van der Waals surface area contributed by atoms with E-state index in [-0.39, 0.29) is 55.0 Å². The van der Waals surface area contributed by atoms with Gasteiger partial charge in [-0.1, -0.05) is 53.2 Å². The highest BCUT2D eigenvalue weighted by atomic mass is 16.5. The van der Waals surface area contributed by atoms with Crippen LogP contribution in [0, 0.1) is 22.7 Å². The Bertz CT molecular complexity index is 1230. The third kappa shape index (κ3) is 13.9. The van der Waals surface area contributed by atoms with Gasteiger partial charge in [0.25, 0.3) is 0 Å². The highest BCUT2D eigenvalue weighted by Gasteiger charge is 2.36. The van der Waals surface area contributed by atoms with Gasteiger partial charge in [-0.05, 0) is 75.0 Å². The van der Waals surface area contributed by atoms with Crippen LogP contribution in [0.5, 0.6) is 0 Å². The molecule has 0 aromatic heterocycles. The lowest BCUT2D eigenvalue weighted by molar-refractivity contribution is -0.154. The number of aliphatic hydroxyl groups is 2. The van der Waals surface area contributed by atoms with Crippen molar-refractivity contribution < 1.29 is 38.9 Å². The quantitative estimate of drug-likeness (QED) is 0.0940. The first-order valence-electron chi connectivity index (χ1n) is 17.1. The molecule has 0 saturated carbocycles. The number of hydrogen-bond donors (Lipinski definition) is 5. The van der Waals surface area contributed by atoms with Crippen LogP contribution in [0.25, 0.3) is 0 Å². The fraction of sp³-hybridized carbons (Fsp3) is 0.694. The van der Waals surface area contributed by atoms with Gasteiger partial charge < -0.3 is 35.8 Å². The Hall–Kier alpha value is -3.51. The van der Waals surface area contributed by atoms with Crippen molar-refractivity contribution in [3.05, 3.63) is 29.8 Å². The zero-order valence-electron chi connectivity index (χ0n) is 30.1. The molecule has 5 N–H and O–H groups in total. The number of hydrogen-bond acceptors (Lipinski definition) is 8. The molecule has 0 spiro atoms. The zero-order valence-corrected chi connectivity index (χ0v) is 30.1. The van der Waals surface area contributed by atoms with E-state index < -0.39 is 35.6 Å². The first-order chi connectivity index (χ1) is 22.3. The standard InChI is InChI=1S/C36H58N4O8/c1-23(2)31(39-28(41)12-10-9-11-19-40-21-25(20-29(40)42)35(3,4)5)33(46)38-27(17-18-30(43)44)32(45)37-26-15-13-24(14-16-26)22-48-34(47)36(6,7)8/h13-16,23,25,27,30-31,43-44H,9-12,17-22H2,1-8H3,(H,37,45)(H,38,46)(H,39,41)/t25?,27-,31-/m0/s1. The third-order valence-corrected chi connectivity index (χ3v) is 8.59. The van der Waals surface area contributed by atoms with Crippen LogP contribution in [0.15, 0.2) is 24.3 Å². The Labute approximate surface area is 285 Å². The number of amides is 4. The largest absolute Gasteiger partial charge is 0.460 e. The van der Waals surface area contributed by atoms with Crippen LogP contribution in [0.4, 0.5) is 5.69 Å². The molecule has 0 aliphatic carbocycles. The molecular formula is C36H58N4O8. The van der Waals surface area contributed by atoms with E-state index in [4.69, 9.17) is 4.74 Å². The van der Waals surface area contributed by atoms with Crippen molar-refractivity contribution >= 4 is 35.3 Å². The maximum absolute atomic E-state index is 13.3. The summed E-state index contributed by atoms with van der Waals surface area (Å²) < 4.78 is 5.32. The van der Waals surface area contributed by atoms with Crippen LogP contribution in [0.1, 0.15) is 106 Å². The molecule has 48 heavy (non-hydrogen) atoms. The monoisotopic (exact) mass is 674 g/mol. The highest BCUT2D eigenvalue weighted by Crippen LogP contribution is 2.34. The molecule has 2 rings (SSSR count). The van der Waals surface area contributed by atoms with E-state index in [1.54, 1.807) is 58.9 Å². The van der Waals surface area contributed by atoms with Gasteiger partial charge in [-0.15, -0.1) is 0 Å². The van der Waals surface area contributed by atoms with Crippen molar-refractivity contribution in [2.75, 3.05) is 18.4 Å². The van der Waals surface area contributed by atoms with E-state index in [0.29, 0.717) is 31.0 Å². The van der Waals surface area contributed by atoms with Crippen LogP contribution < -0.4 is 16.0 Å². The Morgan fingerprint density at radius 1 is 0.917 bits per heavy atom. The predicted molar refractivity (Wildman–Crippen MR) is 183 cm³/mol. The number of nitrogens with one attached hydrogen (secondary N) is 3. The van der Waals surface area contributed by atoms with Gasteiger partial charge in [0.15, 0.2) is 6.29 Å². The first-order valence-corrected chi connectivity index (χ1v) is 17.1. The summed E-state index contributed by atoms with van der Waals surface area (Å²) in [4.78, 5) is 65.6. The minimum Gasteiger partial charge on any atom is -0.460 e. The summed E-state index contributed by atoms with van der Waals surface area (Å²) in [7, 11) is 0. The van der Waals surface area contributed by atoms with Gasteiger partial charge in [-0.3, -0.25) is 24.0 Å². The van der Waals surface area contributed by atoms with Crippen molar-refractivity contribution in [1.82, 2.24) is 15.5 Å².